The average Bonchev–Trinajstić information content (AvgIpc) is 2.81. The normalized spacial score (nSPS) is 32.3. The summed E-state index contributed by atoms with van der Waals surface area (Å²) < 4.78 is 5.56. The molecule has 106 valence electrons. The van der Waals surface area contributed by atoms with Crippen LogP contribution in [0.1, 0.15) is 39.5 Å². The second-order valence-electron chi connectivity index (χ2n) is 6.12. The topological polar surface area (TPSA) is 24.5 Å². The molecule has 0 saturated carbocycles. The molecule has 0 spiro atoms. The number of nitrogens with zero attached hydrogens (tertiary/aromatic N) is 1. The van der Waals surface area contributed by atoms with Gasteiger partial charge in [0.15, 0.2) is 0 Å². The number of rotatable bonds is 5. The van der Waals surface area contributed by atoms with Crippen LogP contribution in [0.4, 0.5) is 0 Å². The molecule has 2 saturated heterocycles. The van der Waals surface area contributed by atoms with E-state index in [0.717, 1.165) is 31.6 Å². The number of nitrogens with one attached hydrogen (secondary N) is 1. The van der Waals surface area contributed by atoms with Gasteiger partial charge in [0.2, 0.25) is 0 Å². The molecule has 3 atom stereocenters. The van der Waals surface area contributed by atoms with Crippen molar-refractivity contribution in [1.82, 2.24) is 10.2 Å². The van der Waals surface area contributed by atoms with Gasteiger partial charge in [-0.25, -0.2) is 0 Å². The predicted octanol–water partition coefficient (Wildman–Crippen LogP) is 2.12. The van der Waals surface area contributed by atoms with Crippen LogP contribution in [0.2, 0.25) is 0 Å². The van der Waals surface area contributed by atoms with E-state index in [2.05, 4.69) is 24.1 Å². The van der Waals surface area contributed by atoms with E-state index in [1.807, 2.05) is 0 Å². The highest BCUT2D eigenvalue weighted by Crippen LogP contribution is 2.20. The minimum absolute atomic E-state index is 0.630. The highest BCUT2D eigenvalue weighted by atomic mass is 16.5. The Kier molecular flexibility index (Phi) is 5.93. The number of hydrogen-bond donors (Lipinski definition) is 1. The van der Waals surface area contributed by atoms with Crippen LogP contribution in [0.3, 0.4) is 0 Å². The summed E-state index contributed by atoms with van der Waals surface area (Å²) in [4.78, 5) is 2.68. The number of ether oxygens (including phenoxy) is 1. The number of hydrogen-bond acceptors (Lipinski definition) is 3. The molecule has 0 aromatic heterocycles. The van der Waals surface area contributed by atoms with E-state index in [4.69, 9.17) is 4.74 Å². The van der Waals surface area contributed by atoms with E-state index < -0.39 is 0 Å². The number of likely N-dealkylation sites (N-methyl/N-ethyl adjacent to an activating group) is 1. The van der Waals surface area contributed by atoms with Crippen molar-refractivity contribution in [3.63, 3.8) is 0 Å². The van der Waals surface area contributed by atoms with Crippen molar-refractivity contribution in [2.45, 2.75) is 45.6 Å². The van der Waals surface area contributed by atoms with Crippen LogP contribution in [0.15, 0.2) is 0 Å². The Morgan fingerprint density at radius 3 is 2.89 bits per heavy atom. The molecule has 0 radical (unpaired) electrons. The molecule has 0 bridgehead atoms. The first-order valence-electron chi connectivity index (χ1n) is 7.83. The Balaban J connectivity index is 1.83. The summed E-state index contributed by atoms with van der Waals surface area (Å²) in [5.41, 5.74) is 0. The van der Waals surface area contributed by atoms with E-state index in [1.54, 1.807) is 0 Å². The zero-order valence-corrected chi connectivity index (χ0v) is 12.2. The quantitative estimate of drug-likeness (QED) is 0.813. The molecule has 3 heteroatoms. The number of likely N-dealkylation sites (tertiary alicyclic amines) is 1. The Bertz CT molecular complexity index is 229. The molecule has 2 rings (SSSR count). The minimum atomic E-state index is 0.630. The summed E-state index contributed by atoms with van der Waals surface area (Å²) in [7, 11) is 0. The second kappa shape index (κ2) is 7.46. The van der Waals surface area contributed by atoms with Crippen LogP contribution in [-0.2, 0) is 4.74 Å². The average molecular weight is 254 g/mol. The van der Waals surface area contributed by atoms with E-state index in [-0.39, 0.29) is 0 Å². The van der Waals surface area contributed by atoms with Crippen LogP contribution in [0, 0.1) is 11.8 Å². The summed E-state index contributed by atoms with van der Waals surface area (Å²) in [5, 5.41) is 3.68. The molecular weight excluding hydrogens is 224 g/mol. The van der Waals surface area contributed by atoms with Gasteiger partial charge in [-0.1, -0.05) is 13.8 Å². The third kappa shape index (κ3) is 4.22. The fraction of sp³-hybridized carbons (Fsp3) is 1.00. The zero-order chi connectivity index (χ0) is 12.8. The summed E-state index contributed by atoms with van der Waals surface area (Å²) in [6, 6.07) is 0.630. The summed E-state index contributed by atoms with van der Waals surface area (Å²) in [6.45, 7) is 11.4. The first-order chi connectivity index (χ1) is 8.79. The monoisotopic (exact) mass is 254 g/mol. The molecule has 0 aromatic rings. The molecule has 1 N–H and O–H groups in total. The molecule has 2 aliphatic heterocycles. The van der Waals surface area contributed by atoms with Gasteiger partial charge in [0.1, 0.15) is 0 Å². The smallest absolute Gasteiger partial charge is 0.0510 e. The third-order valence-electron chi connectivity index (χ3n) is 4.56. The third-order valence-corrected chi connectivity index (χ3v) is 4.56. The largest absolute Gasteiger partial charge is 0.381 e. The van der Waals surface area contributed by atoms with Crippen molar-refractivity contribution in [2.75, 3.05) is 39.4 Å². The maximum Gasteiger partial charge on any atom is 0.0510 e. The molecule has 2 fully saturated rings. The van der Waals surface area contributed by atoms with Gasteiger partial charge in [-0.3, -0.25) is 0 Å². The van der Waals surface area contributed by atoms with Gasteiger partial charge in [0, 0.05) is 25.1 Å². The highest BCUT2D eigenvalue weighted by Gasteiger charge is 2.27. The van der Waals surface area contributed by atoms with Gasteiger partial charge >= 0.3 is 0 Å². The first-order valence-corrected chi connectivity index (χ1v) is 7.83. The van der Waals surface area contributed by atoms with Gasteiger partial charge in [0.05, 0.1) is 6.61 Å². The molecule has 3 nitrogen and oxygen atoms in total. The lowest BCUT2D eigenvalue weighted by molar-refractivity contribution is 0.162. The van der Waals surface area contributed by atoms with Crippen LogP contribution in [-0.4, -0.2) is 50.3 Å². The zero-order valence-electron chi connectivity index (χ0n) is 12.2. The highest BCUT2D eigenvalue weighted by molar-refractivity contribution is 4.83. The molecule has 0 amide bonds. The van der Waals surface area contributed by atoms with Crippen molar-refractivity contribution in [3.8, 4) is 0 Å². The van der Waals surface area contributed by atoms with E-state index >= 15 is 0 Å². The van der Waals surface area contributed by atoms with Crippen molar-refractivity contribution in [3.05, 3.63) is 0 Å². The maximum atomic E-state index is 5.56. The molecule has 18 heavy (non-hydrogen) atoms. The van der Waals surface area contributed by atoms with Crippen LogP contribution in [0.5, 0.6) is 0 Å². The van der Waals surface area contributed by atoms with Crippen LogP contribution >= 0.6 is 0 Å². The Labute approximate surface area is 112 Å². The van der Waals surface area contributed by atoms with Crippen molar-refractivity contribution >= 4 is 0 Å². The van der Waals surface area contributed by atoms with Crippen LogP contribution in [0.25, 0.3) is 0 Å². The SMILES string of the molecule is CCNC(CN1CCCC(C)CC1)C1CCOC1. The molecule has 2 aliphatic rings. The Hall–Kier alpha value is -0.120. The standard InChI is InChI=1S/C15H30N2O/c1-3-16-15(14-7-10-18-12-14)11-17-8-4-5-13(2)6-9-17/h13-16H,3-12H2,1-2H3. The lowest BCUT2D eigenvalue weighted by atomic mass is 9.98. The molecule has 0 aromatic carbocycles. The predicted molar refractivity (Wildman–Crippen MR) is 75.8 cm³/mol. The molecule has 3 unspecified atom stereocenters. The van der Waals surface area contributed by atoms with Crippen molar-refractivity contribution < 1.29 is 4.74 Å². The molecule has 2 heterocycles. The molecular formula is C15H30N2O. The summed E-state index contributed by atoms with van der Waals surface area (Å²) >= 11 is 0. The maximum absolute atomic E-state index is 5.56. The van der Waals surface area contributed by atoms with E-state index in [1.165, 1.54) is 45.3 Å². The van der Waals surface area contributed by atoms with E-state index in [0.29, 0.717) is 6.04 Å². The summed E-state index contributed by atoms with van der Waals surface area (Å²) in [5.74, 6) is 1.65. The van der Waals surface area contributed by atoms with Gasteiger partial charge in [-0.2, -0.15) is 0 Å². The fourth-order valence-corrected chi connectivity index (χ4v) is 3.30. The van der Waals surface area contributed by atoms with Gasteiger partial charge in [0.25, 0.3) is 0 Å². The van der Waals surface area contributed by atoms with Gasteiger partial charge in [-0.15, -0.1) is 0 Å². The first kappa shape index (κ1) is 14.3. The lowest BCUT2D eigenvalue weighted by Gasteiger charge is -2.30. The van der Waals surface area contributed by atoms with Gasteiger partial charge in [-0.05, 0) is 51.2 Å². The van der Waals surface area contributed by atoms with E-state index in [9.17, 15) is 0 Å². The fourth-order valence-electron chi connectivity index (χ4n) is 3.30. The van der Waals surface area contributed by atoms with Crippen LogP contribution < -0.4 is 5.32 Å². The Morgan fingerprint density at radius 1 is 1.28 bits per heavy atom. The summed E-state index contributed by atoms with van der Waals surface area (Å²) in [6.07, 6.45) is 5.40. The molecule has 0 aliphatic carbocycles. The van der Waals surface area contributed by atoms with Crippen molar-refractivity contribution in [2.24, 2.45) is 11.8 Å². The minimum Gasteiger partial charge on any atom is -0.381 e. The van der Waals surface area contributed by atoms with Gasteiger partial charge < -0.3 is 15.0 Å². The lowest BCUT2D eigenvalue weighted by Crippen LogP contribution is -2.46. The second-order valence-corrected chi connectivity index (χ2v) is 6.12. The van der Waals surface area contributed by atoms with Crippen molar-refractivity contribution in [1.29, 1.82) is 0 Å². The Morgan fingerprint density at radius 2 is 2.17 bits per heavy atom.